The van der Waals surface area contributed by atoms with Crippen LogP contribution in [0.1, 0.15) is 25.5 Å². The molecule has 1 atom stereocenters. The molecule has 0 spiro atoms. The summed E-state index contributed by atoms with van der Waals surface area (Å²) < 4.78 is 0. The lowest BCUT2D eigenvalue weighted by Gasteiger charge is -2.15. The van der Waals surface area contributed by atoms with E-state index in [9.17, 15) is 5.11 Å². The average molecular weight is 229 g/mol. The first-order chi connectivity index (χ1) is 8.16. The lowest BCUT2D eigenvalue weighted by molar-refractivity contribution is 0.172. The van der Waals surface area contributed by atoms with Gasteiger partial charge in [-0.3, -0.25) is 0 Å². The van der Waals surface area contributed by atoms with E-state index in [-0.39, 0.29) is 0 Å². The third-order valence-corrected chi connectivity index (χ3v) is 2.88. The zero-order valence-corrected chi connectivity index (χ0v) is 10.4. The van der Waals surface area contributed by atoms with Crippen LogP contribution in [-0.4, -0.2) is 17.7 Å². The topological polar surface area (TPSA) is 32.3 Å². The van der Waals surface area contributed by atoms with Crippen molar-refractivity contribution in [3.8, 4) is 0 Å². The van der Waals surface area contributed by atoms with Crippen LogP contribution in [-0.2, 0) is 0 Å². The number of benzene rings is 2. The Labute approximate surface area is 102 Å². The minimum absolute atomic E-state index is 0.394. The average Bonchev–Trinajstić information content (AvgIpc) is 2.35. The van der Waals surface area contributed by atoms with Crippen molar-refractivity contribution in [2.24, 2.45) is 0 Å². The molecule has 0 radical (unpaired) electrons. The van der Waals surface area contributed by atoms with Crippen molar-refractivity contribution in [2.75, 3.05) is 6.54 Å². The first kappa shape index (κ1) is 12.1. The summed E-state index contributed by atoms with van der Waals surface area (Å²) in [6, 6.07) is 14.7. The molecule has 0 aliphatic heterocycles. The third-order valence-electron chi connectivity index (χ3n) is 2.88. The van der Waals surface area contributed by atoms with Crippen LogP contribution in [0.4, 0.5) is 0 Å². The van der Waals surface area contributed by atoms with Crippen molar-refractivity contribution < 1.29 is 5.11 Å². The van der Waals surface area contributed by atoms with Crippen LogP contribution in [0, 0.1) is 0 Å². The van der Waals surface area contributed by atoms with E-state index < -0.39 is 6.10 Å². The number of fused-ring (bicyclic) bond motifs is 1. The Bertz CT molecular complexity index is 493. The molecule has 2 rings (SSSR count). The third kappa shape index (κ3) is 3.05. The lowest BCUT2D eigenvalue weighted by atomic mass is 10.0. The Kier molecular flexibility index (Phi) is 3.77. The van der Waals surface area contributed by atoms with Crippen LogP contribution in [0.25, 0.3) is 10.8 Å². The highest BCUT2D eigenvalue weighted by Gasteiger charge is 2.08. The molecule has 0 amide bonds. The molecule has 0 bridgehead atoms. The Morgan fingerprint density at radius 2 is 1.76 bits per heavy atom. The van der Waals surface area contributed by atoms with Gasteiger partial charge >= 0.3 is 0 Å². The molecule has 0 aliphatic carbocycles. The fraction of sp³-hybridized carbons (Fsp3) is 0.333. The van der Waals surface area contributed by atoms with Crippen LogP contribution in [0.2, 0.25) is 0 Å². The van der Waals surface area contributed by atoms with Crippen LogP contribution in [0.3, 0.4) is 0 Å². The van der Waals surface area contributed by atoms with Gasteiger partial charge in [0.25, 0.3) is 0 Å². The van der Waals surface area contributed by atoms with Crippen molar-refractivity contribution in [3.63, 3.8) is 0 Å². The zero-order chi connectivity index (χ0) is 12.3. The van der Waals surface area contributed by atoms with Gasteiger partial charge in [0, 0.05) is 12.6 Å². The Balaban J connectivity index is 2.18. The lowest BCUT2D eigenvalue weighted by Crippen LogP contribution is -2.27. The number of rotatable bonds is 4. The van der Waals surface area contributed by atoms with E-state index >= 15 is 0 Å². The van der Waals surface area contributed by atoms with Crippen LogP contribution in [0.5, 0.6) is 0 Å². The van der Waals surface area contributed by atoms with Crippen molar-refractivity contribution in [3.05, 3.63) is 48.0 Å². The SMILES string of the molecule is CC(C)NC[C@H](O)c1ccc2ccccc2c1. The predicted molar refractivity (Wildman–Crippen MR) is 72.0 cm³/mol. The van der Waals surface area contributed by atoms with Gasteiger partial charge in [0.1, 0.15) is 0 Å². The van der Waals surface area contributed by atoms with E-state index in [1.807, 2.05) is 18.2 Å². The van der Waals surface area contributed by atoms with E-state index in [4.69, 9.17) is 0 Å². The van der Waals surface area contributed by atoms with Gasteiger partial charge < -0.3 is 10.4 Å². The van der Waals surface area contributed by atoms with Crippen LogP contribution >= 0.6 is 0 Å². The molecule has 2 aromatic carbocycles. The summed E-state index contributed by atoms with van der Waals surface area (Å²) in [6.45, 7) is 4.75. The van der Waals surface area contributed by atoms with Crippen LogP contribution in [0.15, 0.2) is 42.5 Å². The maximum absolute atomic E-state index is 10.1. The van der Waals surface area contributed by atoms with Crippen molar-refractivity contribution in [1.82, 2.24) is 5.32 Å². The molecule has 2 aromatic rings. The Morgan fingerprint density at radius 1 is 1.06 bits per heavy atom. The number of aliphatic hydroxyl groups excluding tert-OH is 1. The van der Waals surface area contributed by atoms with E-state index in [1.54, 1.807) is 0 Å². The highest BCUT2D eigenvalue weighted by atomic mass is 16.3. The molecule has 0 unspecified atom stereocenters. The quantitative estimate of drug-likeness (QED) is 0.845. The second-order valence-electron chi connectivity index (χ2n) is 4.69. The fourth-order valence-electron chi connectivity index (χ4n) is 1.88. The number of hydrogen-bond donors (Lipinski definition) is 2. The first-order valence-electron chi connectivity index (χ1n) is 6.07. The summed E-state index contributed by atoms with van der Waals surface area (Å²) in [5, 5.41) is 15.7. The minimum atomic E-state index is -0.443. The molecule has 2 heteroatoms. The second-order valence-corrected chi connectivity index (χ2v) is 4.69. The molecule has 0 saturated heterocycles. The normalized spacial score (nSPS) is 13.2. The summed E-state index contributed by atoms with van der Waals surface area (Å²) in [7, 11) is 0. The van der Waals surface area contributed by atoms with E-state index in [0.29, 0.717) is 12.6 Å². The van der Waals surface area contributed by atoms with E-state index in [2.05, 4.69) is 43.4 Å². The summed E-state index contributed by atoms with van der Waals surface area (Å²) in [5.74, 6) is 0. The fourth-order valence-corrected chi connectivity index (χ4v) is 1.88. The number of aliphatic hydroxyl groups is 1. The maximum Gasteiger partial charge on any atom is 0.0914 e. The van der Waals surface area contributed by atoms with Gasteiger partial charge in [-0.15, -0.1) is 0 Å². The second kappa shape index (κ2) is 5.30. The molecule has 17 heavy (non-hydrogen) atoms. The highest BCUT2D eigenvalue weighted by molar-refractivity contribution is 5.83. The van der Waals surface area contributed by atoms with Gasteiger partial charge in [0.15, 0.2) is 0 Å². The van der Waals surface area contributed by atoms with Crippen molar-refractivity contribution in [1.29, 1.82) is 0 Å². The summed E-state index contributed by atoms with van der Waals surface area (Å²) in [4.78, 5) is 0. The molecular weight excluding hydrogens is 210 g/mol. The summed E-state index contributed by atoms with van der Waals surface area (Å²) >= 11 is 0. The van der Waals surface area contributed by atoms with Crippen molar-refractivity contribution >= 4 is 10.8 Å². The van der Waals surface area contributed by atoms with Gasteiger partial charge in [0.2, 0.25) is 0 Å². The predicted octanol–water partition coefficient (Wildman–Crippen LogP) is 2.87. The summed E-state index contributed by atoms with van der Waals surface area (Å²) in [6.07, 6.45) is -0.443. The molecule has 0 saturated carbocycles. The maximum atomic E-state index is 10.1. The van der Waals surface area contributed by atoms with Gasteiger partial charge in [-0.25, -0.2) is 0 Å². The van der Waals surface area contributed by atoms with Gasteiger partial charge in [0.05, 0.1) is 6.10 Å². The molecule has 0 aromatic heterocycles. The van der Waals surface area contributed by atoms with E-state index in [1.165, 1.54) is 10.8 Å². The molecule has 0 aliphatic rings. The van der Waals surface area contributed by atoms with Gasteiger partial charge in [-0.2, -0.15) is 0 Å². The summed E-state index contributed by atoms with van der Waals surface area (Å²) in [5.41, 5.74) is 0.969. The smallest absolute Gasteiger partial charge is 0.0914 e. The van der Waals surface area contributed by atoms with Gasteiger partial charge in [-0.05, 0) is 22.4 Å². The zero-order valence-electron chi connectivity index (χ0n) is 10.4. The Hall–Kier alpha value is -1.38. The highest BCUT2D eigenvalue weighted by Crippen LogP contribution is 2.20. The van der Waals surface area contributed by atoms with Gasteiger partial charge in [-0.1, -0.05) is 50.2 Å². The standard InChI is InChI=1S/C15H19NO/c1-11(2)16-10-15(17)14-8-7-12-5-3-4-6-13(12)9-14/h3-9,11,15-17H,10H2,1-2H3/t15-/m0/s1. The monoisotopic (exact) mass is 229 g/mol. The largest absolute Gasteiger partial charge is 0.387 e. The van der Waals surface area contributed by atoms with Crippen molar-refractivity contribution in [2.45, 2.75) is 26.0 Å². The minimum Gasteiger partial charge on any atom is -0.387 e. The molecule has 90 valence electrons. The number of nitrogens with one attached hydrogen (secondary N) is 1. The molecular formula is C15H19NO. The first-order valence-corrected chi connectivity index (χ1v) is 6.07. The Morgan fingerprint density at radius 3 is 2.47 bits per heavy atom. The molecule has 2 N–H and O–H groups in total. The molecule has 0 heterocycles. The molecule has 2 nitrogen and oxygen atoms in total. The molecule has 0 fully saturated rings. The number of hydrogen-bond acceptors (Lipinski definition) is 2. The van der Waals surface area contributed by atoms with E-state index in [0.717, 1.165) is 5.56 Å². The van der Waals surface area contributed by atoms with Crippen LogP contribution < -0.4 is 5.32 Å².